The van der Waals surface area contributed by atoms with Crippen molar-refractivity contribution in [3.8, 4) is 5.75 Å². The van der Waals surface area contributed by atoms with Crippen LogP contribution >= 0.6 is 0 Å². The number of rotatable bonds is 10. The maximum absolute atomic E-state index is 13.3. The number of ether oxygens (including phenoxy) is 3. The number of benzene rings is 1. The van der Waals surface area contributed by atoms with Gasteiger partial charge in [-0.15, -0.1) is 0 Å². The summed E-state index contributed by atoms with van der Waals surface area (Å²) in [6.45, 7) is 10.5. The Balaban J connectivity index is 2.37. The average molecular weight is 535 g/mol. The van der Waals surface area contributed by atoms with Crippen LogP contribution in [0.15, 0.2) is 18.2 Å². The molecule has 6 atom stereocenters. The molecule has 210 valence electrons. The molecule has 1 aromatic carbocycles. The van der Waals surface area contributed by atoms with Crippen molar-refractivity contribution in [2.45, 2.75) is 85.2 Å². The van der Waals surface area contributed by atoms with Gasteiger partial charge in [0.05, 0.1) is 23.1 Å². The van der Waals surface area contributed by atoms with E-state index >= 15 is 0 Å². The number of esters is 3. The molecule has 11 nitrogen and oxygen atoms in total. The molecule has 3 N–H and O–H groups in total. The van der Waals surface area contributed by atoms with Crippen LogP contribution in [-0.4, -0.2) is 59.7 Å². The number of para-hydroxylation sites is 1. The predicted octanol–water partition coefficient (Wildman–Crippen LogP) is 2.95. The van der Waals surface area contributed by atoms with Crippen LogP contribution < -0.4 is 10.6 Å². The molecule has 2 rings (SSSR count). The first-order valence-electron chi connectivity index (χ1n) is 12.9. The molecule has 11 heteroatoms. The zero-order valence-electron chi connectivity index (χ0n) is 22.7. The number of hydrogen-bond donors (Lipinski definition) is 3. The van der Waals surface area contributed by atoms with E-state index in [4.69, 9.17) is 14.2 Å². The largest absolute Gasteiger partial charge is 0.505 e. The topological polar surface area (TPSA) is 157 Å². The first kappa shape index (κ1) is 30.6. The Morgan fingerprint density at radius 2 is 1.76 bits per heavy atom. The van der Waals surface area contributed by atoms with Crippen LogP contribution in [0.4, 0.5) is 5.69 Å². The number of nitrogens with one attached hydrogen (secondary N) is 2. The predicted molar refractivity (Wildman–Crippen MR) is 137 cm³/mol. The number of carbonyl (C=O) groups is 5. The van der Waals surface area contributed by atoms with Gasteiger partial charge in [-0.3, -0.25) is 19.2 Å². The van der Waals surface area contributed by atoms with Crippen LogP contribution in [0.5, 0.6) is 5.75 Å². The number of phenols is 1. The third-order valence-electron chi connectivity index (χ3n) is 6.59. The molecule has 2 amide bonds. The molecule has 1 fully saturated rings. The molecular weight excluding hydrogens is 496 g/mol. The van der Waals surface area contributed by atoms with E-state index in [1.807, 2.05) is 20.8 Å². The van der Waals surface area contributed by atoms with Crippen LogP contribution in [0.3, 0.4) is 0 Å². The lowest BCUT2D eigenvalue weighted by atomic mass is 9.90. The lowest BCUT2D eigenvalue weighted by molar-refractivity contribution is -0.177. The molecule has 1 aliphatic heterocycles. The highest BCUT2D eigenvalue weighted by Crippen LogP contribution is 2.29. The van der Waals surface area contributed by atoms with Crippen molar-refractivity contribution < 1.29 is 43.3 Å². The van der Waals surface area contributed by atoms with Gasteiger partial charge in [-0.1, -0.05) is 40.2 Å². The van der Waals surface area contributed by atoms with Crippen LogP contribution in [0.25, 0.3) is 0 Å². The summed E-state index contributed by atoms with van der Waals surface area (Å²) >= 11 is 0. The molecular formula is C27H38N2O9. The fourth-order valence-electron chi connectivity index (χ4n) is 4.01. The zero-order valence-corrected chi connectivity index (χ0v) is 22.7. The molecule has 1 saturated heterocycles. The SMILES string of the molecule is CCC(C)C(=O)O[C@H]1[C@H](C)OC(=O)[C@@H](NC(=O)c2cccc(NC=O)c2O)[C@@H](C)OC(=O)[C@@H]1CCC(C)C. The summed E-state index contributed by atoms with van der Waals surface area (Å²) in [5.41, 5.74) is -0.219. The lowest BCUT2D eigenvalue weighted by Gasteiger charge is -2.30. The second-order valence-corrected chi connectivity index (χ2v) is 9.99. The van der Waals surface area contributed by atoms with Gasteiger partial charge in [-0.2, -0.15) is 0 Å². The van der Waals surface area contributed by atoms with Gasteiger partial charge in [0.15, 0.2) is 17.9 Å². The Morgan fingerprint density at radius 3 is 2.37 bits per heavy atom. The van der Waals surface area contributed by atoms with Crippen molar-refractivity contribution in [1.29, 1.82) is 0 Å². The molecule has 0 aromatic heterocycles. The second-order valence-electron chi connectivity index (χ2n) is 9.99. The number of carbonyl (C=O) groups excluding carboxylic acids is 5. The number of anilines is 1. The van der Waals surface area contributed by atoms with Crippen molar-refractivity contribution in [3.05, 3.63) is 23.8 Å². The zero-order chi connectivity index (χ0) is 28.6. The summed E-state index contributed by atoms with van der Waals surface area (Å²) in [4.78, 5) is 62.9. The normalized spacial score (nSPS) is 24.7. The Kier molecular flexibility index (Phi) is 11.1. The highest BCUT2D eigenvalue weighted by Gasteiger charge is 2.44. The van der Waals surface area contributed by atoms with E-state index in [9.17, 15) is 29.1 Å². The molecule has 0 aliphatic carbocycles. The number of phenolic OH excluding ortho intramolecular Hbond substituents is 1. The Bertz CT molecular complexity index is 1030. The highest BCUT2D eigenvalue weighted by molar-refractivity contribution is 6.01. The molecule has 1 heterocycles. The van der Waals surface area contributed by atoms with E-state index in [0.29, 0.717) is 25.7 Å². The fraction of sp³-hybridized carbons (Fsp3) is 0.593. The maximum atomic E-state index is 13.3. The number of aromatic hydroxyl groups is 1. The van der Waals surface area contributed by atoms with Gasteiger partial charge in [0, 0.05) is 0 Å². The molecule has 1 unspecified atom stereocenters. The third-order valence-corrected chi connectivity index (χ3v) is 6.59. The van der Waals surface area contributed by atoms with Gasteiger partial charge >= 0.3 is 17.9 Å². The minimum Gasteiger partial charge on any atom is -0.505 e. The van der Waals surface area contributed by atoms with Gasteiger partial charge in [0.1, 0.15) is 12.2 Å². The van der Waals surface area contributed by atoms with E-state index in [1.54, 1.807) is 6.92 Å². The Labute approximate surface area is 222 Å². The first-order chi connectivity index (χ1) is 17.9. The van der Waals surface area contributed by atoms with E-state index in [0.717, 1.165) is 0 Å². The maximum Gasteiger partial charge on any atom is 0.332 e. The van der Waals surface area contributed by atoms with Crippen molar-refractivity contribution in [1.82, 2.24) is 5.32 Å². The van der Waals surface area contributed by atoms with Gasteiger partial charge in [0.2, 0.25) is 6.41 Å². The Morgan fingerprint density at radius 1 is 1.11 bits per heavy atom. The van der Waals surface area contributed by atoms with Gasteiger partial charge < -0.3 is 30.0 Å². The molecule has 38 heavy (non-hydrogen) atoms. The summed E-state index contributed by atoms with van der Waals surface area (Å²) < 4.78 is 16.9. The van der Waals surface area contributed by atoms with Crippen LogP contribution in [0.2, 0.25) is 0 Å². The standard InChI is InChI=1S/C27H38N2O9/c1-7-15(4)25(33)38-23-17(6)37-27(35)21(16(5)36-26(34)19(23)12-11-14(2)3)29-24(32)18-9-8-10-20(22(18)31)28-13-30/h8-10,13-17,19,21,23,31H,7,11-12H2,1-6H3,(H,28,30)(H,29,32)/t15?,16-,17+,19-,21+,23+/m1/s1. The number of amides is 2. The van der Waals surface area contributed by atoms with Gasteiger partial charge in [0.25, 0.3) is 5.91 Å². The fourth-order valence-corrected chi connectivity index (χ4v) is 4.01. The molecule has 1 aliphatic rings. The van der Waals surface area contributed by atoms with Crippen molar-refractivity contribution in [2.24, 2.45) is 17.8 Å². The van der Waals surface area contributed by atoms with Crippen LogP contribution in [0, 0.1) is 17.8 Å². The molecule has 0 spiro atoms. The number of cyclic esters (lactones) is 2. The lowest BCUT2D eigenvalue weighted by Crippen LogP contribution is -2.50. The van der Waals surface area contributed by atoms with Gasteiger partial charge in [-0.05, 0) is 44.7 Å². The smallest absolute Gasteiger partial charge is 0.332 e. The minimum absolute atomic E-state index is 0.00301. The molecule has 0 bridgehead atoms. The quantitative estimate of drug-likeness (QED) is 0.178. The van der Waals surface area contributed by atoms with Crippen LogP contribution in [0.1, 0.15) is 71.2 Å². The number of hydrogen-bond acceptors (Lipinski definition) is 9. The summed E-state index contributed by atoms with van der Waals surface area (Å²) in [6, 6.07) is 2.69. The van der Waals surface area contributed by atoms with Gasteiger partial charge in [-0.25, -0.2) is 4.79 Å². The summed E-state index contributed by atoms with van der Waals surface area (Å²) in [5.74, 6) is -4.51. The minimum atomic E-state index is -1.43. The Hall–Kier alpha value is -3.63. The highest BCUT2D eigenvalue weighted by atomic mass is 16.6. The monoisotopic (exact) mass is 534 g/mol. The van der Waals surface area contributed by atoms with E-state index in [-0.39, 0.29) is 17.2 Å². The van der Waals surface area contributed by atoms with Crippen LogP contribution in [-0.2, 0) is 33.4 Å². The van der Waals surface area contributed by atoms with Crippen molar-refractivity contribution >= 4 is 35.9 Å². The van der Waals surface area contributed by atoms with E-state index < -0.39 is 65.8 Å². The molecule has 0 radical (unpaired) electrons. The van der Waals surface area contributed by atoms with E-state index in [1.165, 1.54) is 32.0 Å². The first-order valence-corrected chi connectivity index (χ1v) is 12.9. The summed E-state index contributed by atoms with van der Waals surface area (Å²) in [5, 5.41) is 15.1. The summed E-state index contributed by atoms with van der Waals surface area (Å²) in [7, 11) is 0. The third kappa shape index (κ3) is 7.69. The van der Waals surface area contributed by atoms with Crippen molar-refractivity contribution in [2.75, 3.05) is 5.32 Å². The molecule has 1 aromatic rings. The molecule has 0 saturated carbocycles. The second kappa shape index (κ2) is 13.8. The summed E-state index contributed by atoms with van der Waals surface area (Å²) in [6.07, 6.45) is -1.39. The van der Waals surface area contributed by atoms with Crippen molar-refractivity contribution in [3.63, 3.8) is 0 Å². The van der Waals surface area contributed by atoms with E-state index in [2.05, 4.69) is 10.6 Å². The average Bonchev–Trinajstić information content (AvgIpc) is 2.88.